The van der Waals surface area contributed by atoms with Gasteiger partial charge in [-0.25, -0.2) is 14.3 Å². The first-order chi connectivity index (χ1) is 32.2. The first-order valence-corrected chi connectivity index (χ1v) is 24.8. The van der Waals surface area contributed by atoms with Crippen molar-refractivity contribution in [2.45, 2.75) is 56.1 Å². The zero-order valence-corrected chi connectivity index (χ0v) is 39.0. The quantitative estimate of drug-likeness (QED) is 0.0638. The fourth-order valence-electron chi connectivity index (χ4n) is 9.46. The molecule has 9 rings (SSSR count). The molecule has 11 heteroatoms. The molecule has 2 fully saturated rings. The van der Waals surface area contributed by atoms with Crippen LogP contribution in [0.3, 0.4) is 0 Å². The third-order valence-electron chi connectivity index (χ3n) is 12.3. The minimum atomic E-state index is -2.93. The Morgan fingerprint density at radius 1 is 0.636 bits per heavy atom. The van der Waals surface area contributed by atoms with Crippen LogP contribution in [0.1, 0.15) is 37.0 Å². The van der Waals surface area contributed by atoms with Crippen molar-refractivity contribution in [3.05, 3.63) is 220 Å². The second kappa shape index (κ2) is 19.6. The summed E-state index contributed by atoms with van der Waals surface area (Å²) < 4.78 is 45.0. The van der Waals surface area contributed by atoms with E-state index in [1.807, 2.05) is 123 Å². The largest absolute Gasteiger partial charge is 0.466 e. The van der Waals surface area contributed by atoms with Crippen LogP contribution in [-0.4, -0.2) is 68.7 Å². The maximum atomic E-state index is 14.8. The average molecular weight is 918 g/mol. The monoisotopic (exact) mass is 917 g/mol. The standard InChI is InChI=1S/C55H52NO8PS/c1-54(2)63-48-45(37-61-55(38-23-11-5-12-24-38,39-25-13-6-14-26-39)40-27-15-7-16-28-40)62-49(50(48)64-54)46-44(52(57)59-3)35-36-66-51(47(46)53(58)60-4)56-65(41-29-17-8-18-30-41,42-31-19-9-20-32-42)43-33-21-10-22-34-43/h5-34,45,48-50H,35-37H2,1-4H3/t45-,48-,49+,50-/m1/s1. The minimum Gasteiger partial charge on any atom is -0.466 e. The van der Waals surface area contributed by atoms with Crippen molar-refractivity contribution in [3.63, 3.8) is 0 Å². The molecule has 0 amide bonds. The van der Waals surface area contributed by atoms with Gasteiger partial charge in [-0.15, -0.1) is 11.8 Å². The highest BCUT2D eigenvalue weighted by molar-refractivity contribution is 8.03. The molecule has 2 saturated heterocycles. The lowest BCUT2D eigenvalue weighted by Gasteiger charge is -2.37. The topological polar surface area (TPSA) is 102 Å². The number of rotatable bonds is 13. The smallest absolute Gasteiger partial charge is 0.341 e. The van der Waals surface area contributed by atoms with Crippen molar-refractivity contribution in [1.29, 1.82) is 0 Å². The molecule has 0 aliphatic carbocycles. The number of nitrogens with zero attached hydrogens (tertiary/aromatic N) is 1. The number of carbonyl (C=O) groups excluding carboxylic acids is 2. The lowest BCUT2D eigenvalue weighted by Crippen LogP contribution is -2.39. The predicted octanol–water partition coefficient (Wildman–Crippen LogP) is 9.45. The van der Waals surface area contributed by atoms with E-state index in [9.17, 15) is 9.59 Å². The summed E-state index contributed by atoms with van der Waals surface area (Å²) in [5, 5.41) is 3.40. The maximum Gasteiger partial charge on any atom is 0.341 e. The highest BCUT2D eigenvalue weighted by Crippen LogP contribution is 2.53. The predicted molar refractivity (Wildman–Crippen MR) is 260 cm³/mol. The number of esters is 2. The molecule has 0 aromatic heterocycles. The summed E-state index contributed by atoms with van der Waals surface area (Å²) in [4.78, 5) is 29.0. The molecule has 0 radical (unpaired) electrons. The second-order valence-corrected chi connectivity index (χ2v) is 20.7. The zero-order valence-electron chi connectivity index (χ0n) is 37.3. The van der Waals surface area contributed by atoms with E-state index < -0.39 is 54.8 Å². The van der Waals surface area contributed by atoms with Gasteiger partial charge in [0.1, 0.15) is 35.0 Å². The van der Waals surface area contributed by atoms with E-state index in [-0.39, 0.29) is 24.2 Å². The lowest BCUT2D eigenvalue weighted by molar-refractivity contribution is -0.191. The molecule has 6 aromatic carbocycles. The van der Waals surface area contributed by atoms with E-state index in [0.717, 1.165) is 32.6 Å². The van der Waals surface area contributed by atoms with Gasteiger partial charge in [-0.3, -0.25) is 0 Å². The second-order valence-electron chi connectivity index (χ2n) is 16.6. The summed E-state index contributed by atoms with van der Waals surface area (Å²) in [5.41, 5.74) is 2.44. The molecule has 9 nitrogen and oxygen atoms in total. The van der Waals surface area contributed by atoms with Crippen molar-refractivity contribution in [2.24, 2.45) is 4.74 Å². The van der Waals surface area contributed by atoms with Gasteiger partial charge < -0.3 is 28.4 Å². The van der Waals surface area contributed by atoms with Crippen LogP contribution in [0.4, 0.5) is 0 Å². The number of hydrogen-bond donors (Lipinski definition) is 0. The number of thioether (sulfide) groups is 1. The lowest BCUT2D eigenvalue weighted by atomic mass is 9.80. The first kappa shape index (κ1) is 45.3. The molecule has 0 N–H and O–H groups in total. The van der Waals surface area contributed by atoms with Crippen molar-refractivity contribution < 1.29 is 38.0 Å². The number of ether oxygens (including phenoxy) is 6. The molecular weight excluding hydrogens is 866 g/mol. The van der Waals surface area contributed by atoms with E-state index in [0.29, 0.717) is 16.4 Å². The van der Waals surface area contributed by atoms with Gasteiger partial charge in [-0.05, 0) is 37.0 Å². The van der Waals surface area contributed by atoms with Gasteiger partial charge in [0.2, 0.25) is 0 Å². The Kier molecular flexibility index (Phi) is 13.4. The van der Waals surface area contributed by atoms with Gasteiger partial charge in [-0.2, -0.15) is 0 Å². The van der Waals surface area contributed by atoms with E-state index in [2.05, 4.69) is 72.8 Å². The zero-order chi connectivity index (χ0) is 45.7. The summed E-state index contributed by atoms with van der Waals surface area (Å²) in [7, 11) is -0.238. The SMILES string of the molecule is COC(=O)C1=C([C@@H]2O[C@H](COC(c3ccccc3)(c3ccccc3)c3ccccc3)[C@H]3OC(C)(C)O[C@H]32)C(C(=O)OC)=C(N=P(c2ccccc2)(c2ccccc2)c2ccccc2)SCC1. The Balaban J connectivity index is 1.24. The molecule has 336 valence electrons. The average Bonchev–Trinajstić information content (AvgIpc) is 3.79. The van der Waals surface area contributed by atoms with Gasteiger partial charge >= 0.3 is 11.9 Å². The van der Waals surface area contributed by atoms with Crippen LogP contribution < -0.4 is 15.9 Å². The Morgan fingerprint density at radius 3 is 1.50 bits per heavy atom. The van der Waals surface area contributed by atoms with Gasteiger partial charge in [0.25, 0.3) is 0 Å². The van der Waals surface area contributed by atoms with Crippen LogP contribution in [0, 0.1) is 0 Å². The summed E-state index contributed by atoms with van der Waals surface area (Å²) in [6.45, 7) is 3.76. The number of fused-ring (bicyclic) bond motifs is 1. The van der Waals surface area contributed by atoms with Gasteiger partial charge in [0.05, 0.1) is 33.5 Å². The van der Waals surface area contributed by atoms with Crippen LogP contribution >= 0.6 is 18.8 Å². The Hall–Kier alpha value is -5.84. The molecule has 3 heterocycles. The van der Waals surface area contributed by atoms with Crippen molar-refractivity contribution >= 4 is 46.7 Å². The number of methoxy groups -OCH3 is 2. The molecule has 66 heavy (non-hydrogen) atoms. The third kappa shape index (κ3) is 8.54. The van der Waals surface area contributed by atoms with Crippen LogP contribution in [0.2, 0.25) is 0 Å². The molecule has 0 spiro atoms. The molecule has 0 saturated carbocycles. The normalized spacial score (nSPS) is 20.6. The minimum absolute atomic E-state index is 0.0462. The fraction of sp³-hybridized carbons (Fsp3) is 0.236. The van der Waals surface area contributed by atoms with Crippen LogP contribution in [0.15, 0.2) is 208 Å². The van der Waals surface area contributed by atoms with Crippen LogP contribution in [0.25, 0.3) is 0 Å². The summed E-state index contributed by atoms with van der Waals surface area (Å²) >= 11 is 1.41. The first-order valence-electron chi connectivity index (χ1n) is 22.1. The van der Waals surface area contributed by atoms with E-state index >= 15 is 0 Å². The van der Waals surface area contributed by atoms with E-state index in [1.54, 1.807) is 0 Å². The Labute approximate surface area is 390 Å². The number of hydrogen-bond acceptors (Lipinski definition) is 10. The Morgan fingerprint density at radius 2 is 1.06 bits per heavy atom. The van der Waals surface area contributed by atoms with Crippen molar-refractivity contribution in [2.75, 3.05) is 26.6 Å². The summed E-state index contributed by atoms with van der Waals surface area (Å²) in [6.07, 6.45) is -2.93. The molecule has 4 atom stereocenters. The van der Waals surface area contributed by atoms with Gasteiger partial charge in [-0.1, -0.05) is 182 Å². The van der Waals surface area contributed by atoms with Gasteiger partial charge in [0, 0.05) is 32.8 Å². The molecule has 0 bridgehead atoms. The van der Waals surface area contributed by atoms with E-state index in [1.165, 1.54) is 26.0 Å². The van der Waals surface area contributed by atoms with E-state index in [4.69, 9.17) is 33.2 Å². The molecule has 6 aromatic rings. The fourth-order valence-corrected chi connectivity index (χ4v) is 14.3. The number of benzene rings is 6. The highest BCUT2D eigenvalue weighted by atomic mass is 32.2. The Bertz CT molecular complexity index is 2570. The van der Waals surface area contributed by atoms with Crippen molar-refractivity contribution in [1.82, 2.24) is 0 Å². The summed E-state index contributed by atoms with van der Waals surface area (Å²) in [5.74, 6) is -1.89. The molecule has 0 unspecified atom stereocenters. The molecular formula is C55H52NO8PS. The molecule has 3 aliphatic heterocycles. The highest BCUT2D eigenvalue weighted by Gasteiger charge is 2.58. The van der Waals surface area contributed by atoms with Crippen LogP contribution in [-0.2, 0) is 43.6 Å². The summed E-state index contributed by atoms with van der Waals surface area (Å²) in [6, 6.07) is 61.0. The van der Waals surface area contributed by atoms with Crippen molar-refractivity contribution in [3.8, 4) is 0 Å². The third-order valence-corrected chi connectivity index (χ3v) is 17.0. The number of carbonyl (C=O) groups is 2. The maximum absolute atomic E-state index is 14.8. The molecule has 3 aliphatic rings. The van der Waals surface area contributed by atoms with Crippen LogP contribution in [0.5, 0.6) is 0 Å². The van der Waals surface area contributed by atoms with Gasteiger partial charge in [0.15, 0.2) is 5.79 Å².